The lowest BCUT2D eigenvalue weighted by Crippen LogP contribution is -1.80. The van der Waals surface area contributed by atoms with Gasteiger partial charge in [-0.25, -0.2) is 0 Å². The molecule has 2 aromatic rings. The maximum Gasteiger partial charge on any atom is 0.119 e. The molecule has 0 saturated heterocycles. The number of fused-ring (bicyclic) bond motifs is 1. The van der Waals surface area contributed by atoms with E-state index in [1.807, 2.05) is 17.4 Å². The fourth-order valence-corrected chi connectivity index (χ4v) is 4.60. The van der Waals surface area contributed by atoms with Crippen LogP contribution in [-0.2, 0) is 0 Å². The molecule has 0 bridgehead atoms. The molecule has 0 unspecified atom stereocenters. The fourth-order valence-electron chi connectivity index (χ4n) is 1.28. The van der Waals surface area contributed by atoms with Gasteiger partial charge in [-0.2, -0.15) is 0 Å². The first kappa shape index (κ1) is 10.6. The van der Waals surface area contributed by atoms with Gasteiger partial charge in [0.25, 0.3) is 0 Å². The van der Waals surface area contributed by atoms with Crippen LogP contribution in [0.2, 0.25) is 0 Å². The van der Waals surface area contributed by atoms with Crippen LogP contribution < -0.4 is 4.74 Å². The fraction of sp³-hybridized carbons (Fsp3) is 0.200. The minimum absolute atomic E-state index is 0.931. The van der Waals surface area contributed by atoms with E-state index in [2.05, 4.69) is 41.0 Å². The van der Waals surface area contributed by atoms with Crippen LogP contribution in [0.15, 0.2) is 22.4 Å². The summed E-state index contributed by atoms with van der Waals surface area (Å²) in [5, 5.41) is 1.30. The van der Waals surface area contributed by atoms with Gasteiger partial charge < -0.3 is 4.74 Å². The predicted molar refractivity (Wildman–Crippen MR) is 72.9 cm³/mol. The highest BCUT2D eigenvalue weighted by Gasteiger charge is 2.09. The Hall–Kier alpha value is 0.0600. The summed E-state index contributed by atoms with van der Waals surface area (Å²) in [5.41, 5.74) is 0. The zero-order chi connectivity index (χ0) is 10.1. The molecular formula is C10H9IOS2. The van der Waals surface area contributed by atoms with Crippen LogP contribution in [0.3, 0.4) is 0 Å². The number of hydrogen-bond acceptors (Lipinski definition) is 3. The van der Waals surface area contributed by atoms with Gasteiger partial charge in [0.05, 0.1) is 11.3 Å². The molecule has 1 aromatic carbocycles. The number of rotatable bonds is 2. The lowest BCUT2D eigenvalue weighted by atomic mass is 10.2. The van der Waals surface area contributed by atoms with E-state index in [-0.39, 0.29) is 0 Å². The maximum atomic E-state index is 5.21. The van der Waals surface area contributed by atoms with E-state index < -0.39 is 0 Å². The standard InChI is InChI=1S/C10H9IOS2/c1-12-6-3-4-8-7(5-6)9(11)10(13-2)14-8/h3-5H,1-2H3. The molecule has 0 N–H and O–H groups in total. The smallest absolute Gasteiger partial charge is 0.119 e. The second-order valence-electron chi connectivity index (χ2n) is 2.77. The number of methoxy groups -OCH3 is 1. The molecule has 74 valence electrons. The van der Waals surface area contributed by atoms with Gasteiger partial charge in [0, 0.05) is 13.7 Å². The van der Waals surface area contributed by atoms with Crippen molar-refractivity contribution in [1.82, 2.24) is 0 Å². The molecule has 1 nitrogen and oxygen atoms in total. The van der Waals surface area contributed by atoms with Gasteiger partial charge in [-0.1, -0.05) is 0 Å². The third kappa shape index (κ3) is 1.75. The zero-order valence-electron chi connectivity index (χ0n) is 7.83. The Morgan fingerprint density at radius 2 is 2.21 bits per heavy atom. The summed E-state index contributed by atoms with van der Waals surface area (Å²) in [4.78, 5) is 0. The molecule has 0 fully saturated rings. The average molecular weight is 336 g/mol. The highest BCUT2D eigenvalue weighted by Crippen LogP contribution is 2.39. The van der Waals surface area contributed by atoms with E-state index in [4.69, 9.17) is 4.74 Å². The zero-order valence-corrected chi connectivity index (χ0v) is 11.6. The van der Waals surface area contributed by atoms with Crippen molar-refractivity contribution in [2.24, 2.45) is 0 Å². The molecule has 2 rings (SSSR count). The molecule has 0 amide bonds. The summed E-state index contributed by atoms with van der Waals surface area (Å²) < 4.78 is 9.27. The molecule has 4 heteroatoms. The highest BCUT2D eigenvalue weighted by molar-refractivity contribution is 14.1. The van der Waals surface area contributed by atoms with Gasteiger partial charge in [0.1, 0.15) is 5.75 Å². The van der Waals surface area contributed by atoms with Gasteiger partial charge in [0.2, 0.25) is 0 Å². The van der Waals surface area contributed by atoms with Crippen LogP contribution in [0.25, 0.3) is 10.1 Å². The average Bonchev–Trinajstić information content (AvgIpc) is 2.55. The summed E-state index contributed by atoms with van der Waals surface area (Å²) in [7, 11) is 1.70. The van der Waals surface area contributed by atoms with Crippen molar-refractivity contribution >= 4 is 55.8 Å². The van der Waals surface area contributed by atoms with Crippen molar-refractivity contribution in [3.63, 3.8) is 0 Å². The first-order chi connectivity index (χ1) is 6.76. The number of benzene rings is 1. The molecule has 0 aliphatic rings. The number of thiophene rings is 1. The van der Waals surface area contributed by atoms with Gasteiger partial charge in [-0.05, 0) is 47.0 Å². The lowest BCUT2D eigenvalue weighted by molar-refractivity contribution is 0.415. The topological polar surface area (TPSA) is 9.23 Å². The van der Waals surface area contributed by atoms with Crippen molar-refractivity contribution in [3.8, 4) is 5.75 Å². The van der Waals surface area contributed by atoms with Gasteiger partial charge in [-0.15, -0.1) is 23.1 Å². The largest absolute Gasteiger partial charge is 0.497 e. The summed E-state index contributed by atoms with van der Waals surface area (Å²) in [6.07, 6.45) is 2.12. The van der Waals surface area contributed by atoms with Crippen molar-refractivity contribution < 1.29 is 4.74 Å². The minimum Gasteiger partial charge on any atom is -0.497 e. The number of halogens is 1. The molecule has 0 aliphatic carbocycles. The Balaban J connectivity index is 2.68. The predicted octanol–water partition coefficient (Wildman–Crippen LogP) is 4.24. The monoisotopic (exact) mass is 336 g/mol. The summed E-state index contributed by atoms with van der Waals surface area (Å²) in [6, 6.07) is 6.24. The quantitative estimate of drug-likeness (QED) is 0.599. The number of hydrogen-bond donors (Lipinski definition) is 0. The van der Waals surface area contributed by atoms with E-state index >= 15 is 0 Å². The van der Waals surface area contributed by atoms with Crippen molar-refractivity contribution in [3.05, 3.63) is 21.8 Å². The normalized spacial score (nSPS) is 10.8. The van der Waals surface area contributed by atoms with E-state index in [9.17, 15) is 0 Å². The summed E-state index contributed by atoms with van der Waals surface area (Å²) in [6.45, 7) is 0. The Labute approximate surface area is 105 Å². The third-order valence-corrected chi connectivity index (χ3v) is 6.13. The summed E-state index contributed by atoms with van der Waals surface area (Å²) >= 11 is 6.05. The molecule has 0 spiro atoms. The molecule has 0 radical (unpaired) electrons. The Morgan fingerprint density at radius 1 is 1.43 bits per heavy atom. The van der Waals surface area contributed by atoms with Crippen molar-refractivity contribution in [2.45, 2.75) is 4.21 Å². The minimum atomic E-state index is 0.931. The van der Waals surface area contributed by atoms with Gasteiger partial charge >= 0.3 is 0 Å². The second-order valence-corrected chi connectivity index (χ2v) is 5.98. The molecule has 1 aromatic heterocycles. The molecule has 0 saturated carbocycles. The third-order valence-electron chi connectivity index (χ3n) is 1.99. The van der Waals surface area contributed by atoms with Crippen LogP contribution in [0.5, 0.6) is 5.75 Å². The lowest BCUT2D eigenvalue weighted by Gasteiger charge is -1.98. The number of ether oxygens (including phenoxy) is 1. The van der Waals surface area contributed by atoms with Gasteiger partial charge in [0.15, 0.2) is 0 Å². The molecule has 0 atom stereocenters. The highest BCUT2D eigenvalue weighted by atomic mass is 127. The van der Waals surface area contributed by atoms with E-state index in [1.54, 1.807) is 18.9 Å². The Kier molecular flexibility index (Phi) is 3.23. The van der Waals surface area contributed by atoms with Crippen LogP contribution in [0.4, 0.5) is 0 Å². The maximum absolute atomic E-state index is 5.21. The van der Waals surface area contributed by atoms with E-state index in [0.717, 1.165) is 5.75 Å². The SMILES string of the molecule is COc1ccc2sc(SC)c(I)c2c1. The van der Waals surface area contributed by atoms with Crippen LogP contribution in [-0.4, -0.2) is 13.4 Å². The Bertz CT molecular complexity index is 464. The first-order valence-electron chi connectivity index (χ1n) is 4.06. The molecule has 14 heavy (non-hydrogen) atoms. The van der Waals surface area contributed by atoms with Crippen LogP contribution in [0.1, 0.15) is 0 Å². The molecule has 1 heterocycles. The Morgan fingerprint density at radius 3 is 2.86 bits per heavy atom. The van der Waals surface area contributed by atoms with E-state index in [1.165, 1.54) is 17.9 Å². The van der Waals surface area contributed by atoms with Gasteiger partial charge in [-0.3, -0.25) is 0 Å². The summed E-state index contributed by atoms with van der Waals surface area (Å²) in [5.74, 6) is 0.931. The van der Waals surface area contributed by atoms with E-state index in [0.29, 0.717) is 0 Å². The molecular weight excluding hydrogens is 327 g/mol. The van der Waals surface area contributed by atoms with Crippen LogP contribution >= 0.6 is 45.7 Å². The van der Waals surface area contributed by atoms with Crippen LogP contribution in [0, 0.1) is 3.57 Å². The first-order valence-corrected chi connectivity index (χ1v) is 7.18. The molecule has 0 aliphatic heterocycles. The number of thioether (sulfide) groups is 1. The van der Waals surface area contributed by atoms with Crippen molar-refractivity contribution in [2.75, 3.05) is 13.4 Å². The second kappa shape index (κ2) is 4.28. The van der Waals surface area contributed by atoms with Crippen molar-refractivity contribution in [1.29, 1.82) is 0 Å².